The Morgan fingerprint density at radius 3 is 2.19 bits per heavy atom. The molecule has 0 bridgehead atoms. The van der Waals surface area contributed by atoms with Gasteiger partial charge in [-0.25, -0.2) is 0 Å². The highest BCUT2D eigenvalue weighted by Gasteiger charge is 2.41. The molecule has 3 atom stereocenters. The number of ether oxygens (including phenoxy) is 4. The number of aliphatic hydroxyl groups is 1. The normalized spacial score (nSPS) is 24.1. The van der Waals surface area contributed by atoms with E-state index in [2.05, 4.69) is 10.2 Å². The molecule has 10 heteroatoms. The van der Waals surface area contributed by atoms with E-state index in [4.69, 9.17) is 24.1 Å². The second-order valence-electron chi connectivity index (χ2n) is 11.4. The predicted molar refractivity (Wildman–Crippen MR) is 153 cm³/mol. The number of amides is 1. The van der Waals surface area contributed by atoms with Crippen LogP contribution in [-0.2, 0) is 41.7 Å². The van der Waals surface area contributed by atoms with E-state index in [0.717, 1.165) is 61.2 Å². The Morgan fingerprint density at radius 2 is 1.52 bits per heavy atom. The summed E-state index contributed by atoms with van der Waals surface area (Å²) in [6.45, 7) is 4.31. The molecular formula is C32H42N2O8. The number of carbonyl (C=O) groups excluding carboxylic acids is 1. The van der Waals surface area contributed by atoms with E-state index < -0.39 is 18.0 Å². The van der Waals surface area contributed by atoms with Crippen LogP contribution in [0.15, 0.2) is 48.5 Å². The minimum atomic E-state index is -0.840. The number of rotatable bonds is 12. The highest BCUT2D eigenvalue weighted by molar-refractivity contribution is 5.75. The van der Waals surface area contributed by atoms with Crippen LogP contribution >= 0.6 is 0 Å². The minimum Gasteiger partial charge on any atom is -0.481 e. The Morgan fingerprint density at radius 1 is 0.881 bits per heavy atom. The quantitative estimate of drug-likeness (QED) is 0.320. The topological polar surface area (TPSA) is 127 Å². The number of benzene rings is 2. The molecule has 2 aromatic rings. The zero-order valence-corrected chi connectivity index (χ0v) is 24.0. The van der Waals surface area contributed by atoms with Gasteiger partial charge in [-0.3, -0.25) is 9.59 Å². The summed E-state index contributed by atoms with van der Waals surface area (Å²) in [6.07, 6.45) is 3.14. The molecule has 0 aromatic heterocycles. The molecule has 3 N–H and O–H groups in total. The van der Waals surface area contributed by atoms with Crippen LogP contribution in [0.25, 0.3) is 0 Å². The summed E-state index contributed by atoms with van der Waals surface area (Å²) in [5, 5.41) is 21.1. The molecule has 228 valence electrons. The third-order valence-corrected chi connectivity index (χ3v) is 8.29. The smallest absolute Gasteiger partial charge is 0.303 e. The van der Waals surface area contributed by atoms with E-state index in [1.807, 2.05) is 48.5 Å². The first-order chi connectivity index (χ1) is 20.4. The number of nitrogens with one attached hydrogen (secondary N) is 1. The second kappa shape index (κ2) is 14.5. The van der Waals surface area contributed by atoms with Crippen molar-refractivity contribution in [1.29, 1.82) is 0 Å². The average molecular weight is 583 g/mol. The van der Waals surface area contributed by atoms with Gasteiger partial charge in [-0.1, -0.05) is 48.5 Å². The number of aliphatic carboxylic acids is 1. The van der Waals surface area contributed by atoms with Gasteiger partial charge in [0.25, 0.3) is 0 Å². The van der Waals surface area contributed by atoms with Gasteiger partial charge in [0.15, 0.2) is 12.1 Å². The van der Waals surface area contributed by atoms with Crippen molar-refractivity contribution in [2.75, 3.05) is 32.8 Å². The van der Waals surface area contributed by atoms with Crippen LogP contribution in [0.4, 0.5) is 0 Å². The lowest BCUT2D eigenvalue weighted by Crippen LogP contribution is -2.48. The fourth-order valence-electron chi connectivity index (χ4n) is 5.83. The molecule has 0 unspecified atom stereocenters. The number of carboxylic acids is 1. The van der Waals surface area contributed by atoms with Gasteiger partial charge < -0.3 is 39.4 Å². The van der Waals surface area contributed by atoms with Crippen molar-refractivity contribution < 1.29 is 38.7 Å². The number of unbranched alkanes of at least 4 members (excludes halogenated alkanes) is 1. The van der Waals surface area contributed by atoms with Gasteiger partial charge in [-0.2, -0.15) is 0 Å². The van der Waals surface area contributed by atoms with E-state index >= 15 is 0 Å². The summed E-state index contributed by atoms with van der Waals surface area (Å²) < 4.78 is 24.8. The Bertz CT molecular complexity index is 1160. The Balaban J connectivity index is 1.19. The van der Waals surface area contributed by atoms with Gasteiger partial charge in [-0.15, -0.1) is 0 Å². The van der Waals surface area contributed by atoms with Crippen molar-refractivity contribution in [3.05, 3.63) is 70.8 Å². The number of hydrogen-bond acceptors (Lipinski definition) is 8. The van der Waals surface area contributed by atoms with Gasteiger partial charge in [-0.05, 0) is 29.5 Å². The number of nitrogens with zero attached hydrogens (tertiary/aromatic N) is 1. The average Bonchev–Trinajstić information content (AvgIpc) is 3.47. The van der Waals surface area contributed by atoms with Crippen molar-refractivity contribution in [3.63, 3.8) is 0 Å². The number of aliphatic hydroxyl groups excluding tert-OH is 1. The largest absolute Gasteiger partial charge is 0.481 e. The molecule has 3 heterocycles. The van der Waals surface area contributed by atoms with Crippen molar-refractivity contribution in [2.45, 2.75) is 82.4 Å². The van der Waals surface area contributed by atoms with E-state index in [1.165, 1.54) is 0 Å². The molecule has 5 rings (SSSR count). The molecule has 1 amide bonds. The Kier molecular flexibility index (Phi) is 10.6. The van der Waals surface area contributed by atoms with Crippen LogP contribution in [0.3, 0.4) is 0 Å². The SMILES string of the molecule is O=C(O)CCCCC(=O)NCc1ccc([C@@H]2O[C@H](CN3CCC4(CC3)OCCO4)C[C@H](c3ccc(CO)cc3)O2)cc1. The fourth-order valence-corrected chi connectivity index (χ4v) is 5.83. The van der Waals surface area contributed by atoms with Crippen molar-refractivity contribution in [3.8, 4) is 0 Å². The first-order valence-corrected chi connectivity index (χ1v) is 15.0. The minimum absolute atomic E-state index is 0.00156. The van der Waals surface area contributed by atoms with Crippen LogP contribution in [0.5, 0.6) is 0 Å². The zero-order valence-electron chi connectivity index (χ0n) is 24.0. The lowest BCUT2D eigenvalue weighted by molar-refractivity contribution is -0.255. The van der Waals surface area contributed by atoms with Crippen LogP contribution in [0, 0.1) is 0 Å². The summed E-state index contributed by atoms with van der Waals surface area (Å²) >= 11 is 0. The van der Waals surface area contributed by atoms with E-state index in [-0.39, 0.29) is 31.1 Å². The third kappa shape index (κ3) is 8.37. The molecular weight excluding hydrogens is 540 g/mol. The van der Waals surface area contributed by atoms with Crippen LogP contribution in [-0.4, -0.2) is 71.7 Å². The predicted octanol–water partition coefficient (Wildman–Crippen LogP) is 3.82. The molecule has 42 heavy (non-hydrogen) atoms. The van der Waals surface area contributed by atoms with Crippen LogP contribution in [0.2, 0.25) is 0 Å². The summed E-state index contributed by atoms with van der Waals surface area (Å²) in [5.41, 5.74) is 3.78. The molecule has 3 fully saturated rings. The summed E-state index contributed by atoms with van der Waals surface area (Å²) in [7, 11) is 0. The maximum absolute atomic E-state index is 12.1. The van der Waals surface area contributed by atoms with E-state index in [9.17, 15) is 14.7 Å². The number of carbonyl (C=O) groups is 2. The fraction of sp³-hybridized carbons (Fsp3) is 0.562. The molecule has 0 saturated carbocycles. The highest BCUT2D eigenvalue weighted by Crippen LogP contribution is 2.39. The molecule has 3 saturated heterocycles. The standard InChI is InChI=1S/C32H42N2O8/c35-22-24-7-9-25(10-8-24)28-19-27(21-34-15-13-32(14-16-34)39-17-18-40-32)41-31(42-28)26-11-5-23(6-12-26)20-33-29(36)3-1-2-4-30(37)38/h5-12,27-28,31,35H,1-4,13-22H2,(H,33,36)(H,37,38)/t27-,28+,31+/m0/s1. The first kappa shape index (κ1) is 30.6. The molecule has 0 aliphatic carbocycles. The molecule has 0 radical (unpaired) electrons. The monoisotopic (exact) mass is 582 g/mol. The zero-order chi connectivity index (χ0) is 29.4. The summed E-state index contributed by atoms with van der Waals surface area (Å²) in [6, 6.07) is 15.8. The Labute approximate surface area is 246 Å². The summed E-state index contributed by atoms with van der Waals surface area (Å²) in [4.78, 5) is 25.2. The maximum Gasteiger partial charge on any atom is 0.303 e. The van der Waals surface area contributed by atoms with Gasteiger partial charge in [0.2, 0.25) is 5.91 Å². The van der Waals surface area contributed by atoms with Crippen molar-refractivity contribution >= 4 is 11.9 Å². The number of carboxylic acid groups (broad SMARTS) is 1. The molecule has 2 aromatic carbocycles. The lowest BCUT2D eigenvalue weighted by atomic mass is 9.98. The second-order valence-corrected chi connectivity index (χ2v) is 11.4. The van der Waals surface area contributed by atoms with Gasteiger partial charge in [0.1, 0.15) is 0 Å². The van der Waals surface area contributed by atoms with E-state index in [0.29, 0.717) is 39.0 Å². The van der Waals surface area contributed by atoms with Gasteiger partial charge in [0, 0.05) is 63.8 Å². The number of hydrogen-bond donors (Lipinski definition) is 3. The number of likely N-dealkylation sites (tertiary alicyclic amines) is 1. The molecule has 3 aliphatic heterocycles. The van der Waals surface area contributed by atoms with Crippen molar-refractivity contribution in [1.82, 2.24) is 10.2 Å². The molecule has 10 nitrogen and oxygen atoms in total. The maximum atomic E-state index is 12.1. The van der Waals surface area contributed by atoms with Crippen LogP contribution in [0.1, 0.15) is 79.6 Å². The van der Waals surface area contributed by atoms with Crippen LogP contribution < -0.4 is 5.32 Å². The van der Waals surface area contributed by atoms with Gasteiger partial charge in [0.05, 0.1) is 32.0 Å². The van der Waals surface area contributed by atoms with E-state index in [1.54, 1.807) is 0 Å². The number of piperidine rings is 1. The third-order valence-electron chi connectivity index (χ3n) is 8.29. The van der Waals surface area contributed by atoms with Gasteiger partial charge >= 0.3 is 5.97 Å². The lowest BCUT2D eigenvalue weighted by Gasteiger charge is -2.41. The molecule has 3 aliphatic rings. The van der Waals surface area contributed by atoms with Crippen molar-refractivity contribution in [2.24, 2.45) is 0 Å². The Hall–Kier alpha value is -2.86. The summed E-state index contributed by atoms with van der Waals surface area (Å²) in [5.74, 6) is -1.34. The highest BCUT2D eigenvalue weighted by atomic mass is 16.7. The first-order valence-electron chi connectivity index (χ1n) is 15.0. The molecule has 1 spiro atoms.